The van der Waals surface area contributed by atoms with Crippen LogP contribution in [0.15, 0.2) is 29.3 Å². The van der Waals surface area contributed by atoms with Gasteiger partial charge in [-0.1, -0.05) is 12.5 Å². The summed E-state index contributed by atoms with van der Waals surface area (Å²) in [5.74, 6) is 0.350. The van der Waals surface area contributed by atoms with Gasteiger partial charge in [-0.05, 0) is 62.9 Å². The van der Waals surface area contributed by atoms with E-state index in [4.69, 9.17) is 4.74 Å². The van der Waals surface area contributed by atoms with Crippen LogP contribution in [0.1, 0.15) is 49.3 Å². The molecule has 0 bridgehead atoms. The van der Waals surface area contributed by atoms with Crippen molar-refractivity contribution >= 4 is 11.1 Å². The number of alkyl halides is 3. The predicted octanol–water partition coefficient (Wildman–Crippen LogP) is 2.91. The number of nitrogens with zero attached hydrogens (tertiary/aromatic N) is 4. The van der Waals surface area contributed by atoms with E-state index < -0.39 is 11.7 Å². The van der Waals surface area contributed by atoms with Gasteiger partial charge < -0.3 is 4.74 Å². The minimum absolute atomic E-state index is 0.0185. The molecule has 2 aromatic heterocycles. The fourth-order valence-electron chi connectivity index (χ4n) is 6.72. The molecule has 0 spiro atoms. The summed E-state index contributed by atoms with van der Waals surface area (Å²) >= 11 is 0. The monoisotopic (exact) mass is 520 g/mol. The van der Waals surface area contributed by atoms with Gasteiger partial charge in [0.05, 0.1) is 37.1 Å². The molecule has 1 aliphatic carbocycles. The zero-order valence-electron chi connectivity index (χ0n) is 21.4. The number of fused-ring (bicyclic) bond motifs is 1. The van der Waals surface area contributed by atoms with Crippen LogP contribution >= 0.6 is 0 Å². The van der Waals surface area contributed by atoms with Crippen molar-refractivity contribution < 1.29 is 17.9 Å². The van der Waals surface area contributed by atoms with Gasteiger partial charge in [0.2, 0.25) is 0 Å². The molecule has 2 N–H and O–H groups in total. The maximum atomic E-state index is 14.2. The van der Waals surface area contributed by atoms with E-state index in [1.165, 1.54) is 16.7 Å². The molecule has 0 radical (unpaired) electrons. The highest BCUT2D eigenvalue weighted by Crippen LogP contribution is 2.49. The molecule has 4 aliphatic rings. The van der Waals surface area contributed by atoms with Gasteiger partial charge in [-0.2, -0.15) is 13.2 Å². The minimum atomic E-state index is -4.55. The maximum Gasteiger partial charge on any atom is 0.418 e. The molecule has 37 heavy (non-hydrogen) atoms. The molecule has 11 heteroatoms. The third kappa shape index (κ3) is 4.44. The topological polar surface area (TPSA) is 66.2 Å². The van der Waals surface area contributed by atoms with Crippen molar-refractivity contribution in [3.63, 3.8) is 0 Å². The second-order valence-electron chi connectivity index (χ2n) is 11.5. The number of hydrogen-bond acceptors (Lipinski definition) is 6. The van der Waals surface area contributed by atoms with Crippen LogP contribution in [0.2, 0.25) is 0 Å². The van der Waals surface area contributed by atoms with Crippen molar-refractivity contribution in [1.82, 2.24) is 29.6 Å². The van der Waals surface area contributed by atoms with Crippen molar-refractivity contribution in [3.8, 4) is 0 Å². The first-order chi connectivity index (χ1) is 17.6. The molecule has 2 aromatic rings. The molecule has 0 amide bonds. The van der Waals surface area contributed by atoms with Crippen molar-refractivity contribution in [3.05, 3.63) is 46.1 Å². The normalized spacial score (nSPS) is 29.1. The number of pyridine rings is 1. The third-order valence-corrected chi connectivity index (χ3v) is 8.97. The quantitative estimate of drug-likeness (QED) is 0.632. The third-order valence-electron chi connectivity index (χ3n) is 8.97. The van der Waals surface area contributed by atoms with E-state index in [2.05, 4.69) is 22.8 Å². The van der Waals surface area contributed by atoms with Crippen LogP contribution in [0.4, 0.5) is 13.2 Å². The second kappa shape index (κ2) is 9.23. The summed E-state index contributed by atoms with van der Waals surface area (Å²) in [6.45, 7) is 3.40. The number of rotatable bonds is 5. The number of hydrazine groups is 1. The molecule has 3 atom stereocenters. The summed E-state index contributed by atoms with van der Waals surface area (Å²) in [6.07, 6.45) is 5.10. The molecular formula is C26H35F3N6O2. The highest BCUT2D eigenvalue weighted by molar-refractivity contribution is 5.72. The van der Waals surface area contributed by atoms with E-state index in [-0.39, 0.29) is 28.8 Å². The number of aromatic nitrogens is 2. The Morgan fingerprint density at radius 3 is 2.62 bits per heavy atom. The van der Waals surface area contributed by atoms with Gasteiger partial charge in [-0.15, -0.1) is 0 Å². The van der Waals surface area contributed by atoms with Gasteiger partial charge in [0, 0.05) is 36.9 Å². The number of likely N-dealkylation sites (N-methyl/N-ethyl adjacent to an activating group) is 1. The van der Waals surface area contributed by atoms with Crippen LogP contribution in [0.5, 0.6) is 0 Å². The van der Waals surface area contributed by atoms with Gasteiger partial charge in [0.15, 0.2) is 0 Å². The Hall–Kier alpha value is -2.18. The molecular weight excluding hydrogens is 485 g/mol. The Morgan fingerprint density at radius 2 is 2.00 bits per heavy atom. The SMILES string of the molecule is CN1CC=C(c2cc(C(F)(F)F)c3cn(C4CCCC(C5(CC6NNCN6C)COC5)C4)c(=O)n3c2)C1. The van der Waals surface area contributed by atoms with E-state index in [1.54, 1.807) is 10.8 Å². The van der Waals surface area contributed by atoms with Crippen LogP contribution in [0.25, 0.3) is 11.1 Å². The van der Waals surface area contributed by atoms with Gasteiger partial charge in [0.1, 0.15) is 0 Å². The van der Waals surface area contributed by atoms with Crippen LogP contribution in [0, 0.1) is 11.3 Å². The molecule has 5 heterocycles. The van der Waals surface area contributed by atoms with Crippen molar-refractivity contribution in [2.45, 2.75) is 50.5 Å². The zero-order valence-corrected chi connectivity index (χ0v) is 21.4. The van der Waals surface area contributed by atoms with Crippen molar-refractivity contribution in [2.24, 2.45) is 11.3 Å². The summed E-state index contributed by atoms with van der Waals surface area (Å²) in [5.41, 5.74) is 6.61. The molecule has 3 aliphatic heterocycles. The minimum Gasteiger partial charge on any atom is -0.380 e. The van der Waals surface area contributed by atoms with Gasteiger partial charge in [0.25, 0.3) is 0 Å². The Balaban J connectivity index is 1.33. The van der Waals surface area contributed by atoms with Crippen LogP contribution in [-0.2, 0) is 10.9 Å². The molecule has 0 aromatic carbocycles. The standard InChI is InChI=1S/C26H35F3N6O2/c1-32-7-6-17(11-32)18-8-21(26(27,28)29)22-13-34(24(36)35(22)12-18)20-5-3-4-19(9-20)25(14-37-15-25)10-23-31-30-16-33(23)2/h6,8,12-13,19-20,23,30-31H,3-5,7,9-11,14-16H2,1-2H3. The Kier molecular flexibility index (Phi) is 6.27. The fourth-order valence-corrected chi connectivity index (χ4v) is 6.72. The summed E-state index contributed by atoms with van der Waals surface area (Å²) < 4.78 is 51.0. The first-order valence-electron chi connectivity index (χ1n) is 13.1. The smallest absolute Gasteiger partial charge is 0.380 e. The van der Waals surface area contributed by atoms with E-state index in [9.17, 15) is 18.0 Å². The van der Waals surface area contributed by atoms with Crippen LogP contribution in [-0.4, -0.2) is 72.0 Å². The molecule has 3 fully saturated rings. The summed E-state index contributed by atoms with van der Waals surface area (Å²) in [5, 5.41) is 0. The van der Waals surface area contributed by atoms with Gasteiger partial charge in [-0.3, -0.25) is 18.8 Å². The molecule has 6 rings (SSSR count). The van der Waals surface area contributed by atoms with Crippen molar-refractivity contribution in [1.29, 1.82) is 0 Å². The zero-order chi connectivity index (χ0) is 25.9. The number of imidazole rings is 1. The van der Waals surface area contributed by atoms with Gasteiger partial charge in [-0.25, -0.2) is 15.6 Å². The number of halogens is 3. The van der Waals surface area contributed by atoms with Crippen LogP contribution in [0.3, 0.4) is 0 Å². The highest BCUT2D eigenvalue weighted by atomic mass is 19.4. The fraction of sp³-hybridized carbons (Fsp3) is 0.654. The van der Waals surface area contributed by atoms with Crippen LogP contribution < -0.4 is 16.5 Å². The number of hydrogen-bond donors (Lipinski definition) is 2. The summed E-state index contributed by atoms with van der Waals surface area (Å²) in [4.78, 5) is 17.8. The van der Waals surface area contributed by atoms with E-state index >= 15 is 0 Å². The number of ether oxygens (including phenoxy) is 1. The summed E-state index contributed by atoms with van der Waals surface area (Å²) in [6, 6.07) is 1.07. The maximum absolute atomic E-state index is 14.2. The Bertz CT molecular complexity index is 1260. The lowest BCUT2D eigenvalue weighted by molar-refractivity contribution is -0.167. The van der Waals surface area contributed by atoms with E-state index in [1.807, 2.05) is 18.0 Å². The molecule has 8 nitrogen and oxygen atoms in total. The second-order valence-corrected chi connectivity index (χ2v) is 11.5. The Labute approximate surface area is 214 Å². The average Bonchev–Trinajstić information content (AvgIpc) is 3.54. The average molecular weight is 521 g/mol. The lowest BCUT2D eigenvalue weighted by Gasteiger charge is -2.51. The first-order valence-corrected chi connectivity index (χ1v) is 13.1. The number of nitrogens with one attached hydrogen (secondary N) is 2. The van der Waals surface area contributed by atoms with Gasteiger partial charge >= 0.3 is 11.9 Å². The lowest BCUT2D eigenvalue weighted by Crippen LogP contribution is -2.54. The lowest BCUT2D eigenvalue weighted by atomic mass is 9.64. The largest absolute Gasteiger partial charge is 0.418 e. The molecule has 202 valence electrons. The van der Waals surface area contributed by atoms with E-state index in [0.29, 0.717) is 37.8 Å². The molecule has 3 unspecified atom stereocenters. The van der Waals surface area contributed by atoms with Crippen molar-refractivity contribution in [2.75, 3.05) is 47.1 Å². The summed E-state index contributed by atoms with van der Waals surface area (Å²) in [7, 11) is 4.00. The Morgan fingerprint density at radius 1 is 1.19 bits per heavy atom. The molecule has 2 saturated heterocycles. The first kappa shape index (κ1) is 25.1. The predicted molar refractivity (Wildman–Crippen MR) is 134 cm³/mol. The highest BCUT2D eigenvalue weighted by Gasteiger charge is 2.49. The van der Waals surface area contributed by atoms with E-state index in [0.717, 1.165) is 44.3 Å². The molecule has 1 saturated carbocycles.